The lowest BCUT2D eigenvalue weighted by Crippen LogP contribution is -2.30. The van der Waals surface area contributed by atoms with Crippen LogP contribution >= 0.6 is 0 Å². The van der Waals surface area contributed by atoms with Gasteiger partial charge >= 0.3 is 0 Å². The molecule has 27 heavy (non-hydrogen) atoms. The average Bonchev–Trinajstić information content (AvgIpc) is 3.05. The Kier molecular flexibility index (Phi) is 4.94. The third kappa shape index (κ3) is 3.47. The highest BCUT2D eigenvalue weighted by atomic mass is 19.1. The molecule has 0 N–H and O–H groups in total. The summed E-state index contributed by atoms with van der Waals surface area (Å²) in [5.41, 5.74) is 2.56. The van der Waals surface area contributed by atoms with E-state index in [4.69, 9.17) is 4.74 Å². The molecule has 3 aromatic rings. The van der Waals surface area contributed by atoms with Gasteiger partial charge in [0.25, 0.3) is 0 Å². The SMILES string of the molecule is COc1ccccc1CN1CCCn2cccc2[C@H]1c1ccc(F)cc1F. The minimum absolute atomic E-state index is 0.284. The number of hydrogen-bond acceptors (Lipinski definition) is 2. The van der Waals surface area contributed by atoms with Crippen molar-refractivity contribution in [1.29, 1.82) is 0 Å². The summed E-state index contributed by atoms with van der Waals surface area (Å²) in [6.07, 6.45) is 2.98. The normalized spacial score (nSPS) is 17.4. The van der Waals surface area contributed by atoms with Crippen molar-refractivity contribution in [3.05, 3.63) is 89.2 Å². The van der Waals surface area contributed by atoms with E-state index in [1.807, 2.05) is 42.6 Å². The first-order valence-electron chi connectivity index (χ1n) is 9.13. The van der Waals surface area contributed by atoms with Crippen molar-refractivity contribution in [3.8, 4) is 5.75 Å². The Morgan fingerprint density at radius 3 is 2.70 bits per heavy atom. The molecule has 0 aliphatic carbocycles. The molecule has 0 spiro atoms. The van der Waals surface area contributed by atoms with Crippen LogP contribution in [-0.2, 0) is 13.1 Å². The second-order valence-corrected chi connectivity index (χ2v) is 6.83. The molecule has 1 aromatic heterocycles. The number of nitrogens with zero attached hydrogens (tertiary/aromatic N) is 2. The van der Waals surface area contributed by atoms with Gasteiger partial charge in [0.15, 0.2) is 0 Å². The van der Waals surface area contributed by atoms with Gasteiger partial charge in [-0.1, -0.05) is 24.3 Å². The van der Waals surface area contributed by atoms with Gasteiger partial charge < -0.3 is 9.30 Å². The van der Waals surface area contributed by atoms with Crippen LogP contribution in [0, 0.1) is 11.6 Å². The van der Waals surface area contributed by atoms with Crippen molar-refractivity contribution in [1.82, 2.24) is 9.47 Å². The largest absolute Gasteiger partial charge is 0.496 e. The number of halogens is 2. The molecule has 0 amide bonds. The third-order valence-corrected chi connectivity index (χ3v) is 5.18. The molecule has 0 bridgehead atoms. The maximum atomic E-state index is 14.7. The predicted molar refractivity (Wildman–Crippen MR) is 101 cm³/mol. The highest BCUT2D eigenvalue weighted by molar-refractivity contribution is 5.35. The smallest absolute Gasteiger partial charge is 0.131 e. The van der Waals surface area contributed by atoms with Crippen LogP contribution in [-0.4, -0.2) is 23.1 Å². The Hall–Kier alpha value is -2.66. The van der Waals surface area contributed by atoms with E-state index in [9.17, 15) is 8.78 Å². The van der Waals surface area contributed by atoms with Crippen LogP contribution in [0.25, 0.3) is 0 Å². The van der Waals surface area contributed by atoms with Crippen molar-refractivity contribution < 1.29 is 13.5 Å². The molecule has 1 aliphatic heterocycles. The lowest BCUT2D eigenvalue weighted by atomic mass is 10.00. The molecule has 1 atom stereocenters. The van der Waals surface area contributed by atoms with Gasteiger partial charge in [-0.25, -0.2) is 8.78 Å². The number of ether oxygens (including phenoxy) is 1. The number of fused-ring (bicyclic) bond motifs is 1. The van der Waals surface area contributed by atoms with Crippen molar-refractivity contribution in [2.24, 2.45) is 0 Å². The second kappa shape index (κ2) is 7.53. The van der Waals surface area contributed by atoms with E-state index in [-0.39, 0.29) is 6.04 Å². The average molecular weight is 368 g/mol. The molecule has 4 rings (SSSR count). The quantitative estimate of drug-likeness (QED) is 0.660. The van der Waals surface area contributed by atoms with Crippen LogP contribution in [0.2, 0.25) is 0 Å². The zero-order chi connectivity index (χ0) is 18.8. The van der Waals surface area contributed by atoms with Crippen LogP contribution in [0.15, 0.2) is 60.8 Å². The fraction of sp³-hybridized carbons (Fsp3) is 0.273. The summed E-state index contributed by atoms with van der Waals surface area (Å²) in [7, 11) is 1.66. The summed E-state index contributed by atoms with van der Waals surface area (Å²) < 4.78 is 35.9. The van der Waals surface area contributed by atoms with Gasteiger partial charge in [-0.05, 0) is 30.7 Å². The second-order valence-electron chi connectivity index (χ2n) is 6.83. The van der Waals surface area contributed by atoms with E-state index >= 15 is 0 Å². The third-order valence-electron chi connectivity index (χ3n) is 5.18. The molecule has 5 heteroatoms. The van der Waals surface area contributed by atoms with Gasteiger partial charge in [0.2, 0.25) is 0 Å². The molecule has 2 aromatic carbocycles. The van der Waals surface area contributed by atoms with Gasteiger partial charge in [0.05, 0.1) is 13.2 Å². The monoisotopic (exact) mass is 368 g/mol. The summed E-state index contributed by atoms with van der Waals surface area (Å²) in [5.74, 6) is -0.258. The summed E-state index contributed by atoms with van der Waals surface area (Å²) in [5, 5.41) is 0. The first kappa shape index (κ1) is 17.7. The first-order chi connectivity index (χ1) is 13.2. The van der Waals surface area contributed by atoms with E-state index in [1.165, 1.54) is 6.07 Å². The minimum atomic E-state index is -0.559. The molecule has 0 saturated heterocycles. The zero-order valence-electron chi connectivity index (χ0n) is 15.2. The minimum Gasteiger partial charge on any atom is -0.496 e. The van der Waals surface area contributed by atoms with E-state index in [2.05, 4.69) is 9.47 Å². The summed E-state index contributed by atoms with van der Waals surface area (Å²) >= 11 is 0. The van der Waals surface area contributed by atoms with Crippen molar-refractivity contribution >= 4 is 0 Å². The highest BCUT2D eigenvalue weighted by Gasteiger charge is 2.30. The van der Waals surface area contributed by atoms with Crippen LogP contribution in [0.3, 0.4) is 0 Å². The molecular weight excluding hydrogens is 346 g/mol. The zero-order valence-corrected chi connectivity index (χ0v) is 15.2. The van der Waals surface area contributed by atoms with Crippen LogP contribution in [0.1, 0.15) is 29.3 Å². The summed E-state index contributed by atoms with van der Waals surface area (Å²) in [6, 6.07) is 15.5. The molecule has 0 radical (unpaired) electrons. The van der Waals surface area contributed by atoms with E-state index < -0.39 is 11.6 Å². The number of aromatic nitrogens is 1. The van der Waals surface area contributed by atoms with Crippen LogP contribution in [0.5, 0.6) is 5.75 Å². The van der Waals surface area contributed by atoms with Crippen LogP contribution < -0.4 is 4.74 Å². The molecule has 2 heterocycles. The Bertz CT molecular complexity index is 938. The fourth-order valence-corrected chi connectivity index (χ4v) is 3.94. The molecule has 1 aliphatic rings. The molecule has 140 valence electrons. The standard InChI is InChI=1S/C22H22F2N2O/c1-27-21-8-3-2-6-16(21)15-26-13-5-12-25-11-4-7-20(25)22(26)18-10-9-17(23)14-19(18)24/h2-4,6-11,14,22H,5,12-13,15H2,1H3/t22-/m1/s1. The Morgan fingerprint density at radius 2 is 1.89 bits per heavy atom. The van der Waals surface area contributed by atoms with Gasteiger partial charge in [-0.15, -0.1) is 0 Å². The molecular formula is C22H22F2N2O. The number of methoxy groups -OCH3 is 1. The lowest BCUT2D eigenvalue weighted by molar-refractivity contribution is 0.213. The lowest BCUT2D eigenvalue weighted by Gasteiger charge is -2.31. The Labute approximate surface area is 157 Å². The van der Waals surface area contributed by atoms with Gasteiger partial charge in [-0.2, -0.15) is 0 Å². The summed E-state index contributed by atoms with van der Waals surface area (Å²) in [6.45, 7) is 2.31. The number of aryl methyl sites for hydroxylation is 1. The van der Waals surface area contributed by atoms with Gasteiger partial charge in [0.1, 0.15) is 17.4 Å². The van der Waals surface area contributed by atoms with Crippen LogP contribution in [0.4, 0.5) is 8.78 Å². The number of para-hydroxylation sites is 1. The number of rotatable bonds is 4. The first-order valence-corrected chi connectivity index (χ1v) is 9.13. The Morgan fingerprint density at radius 1 is 1.04 bits per heavy atom. The summed E-state index contributed by atoms with van der Waals surface area (Å²) in [4.78, 5) is 2.24. The number of hydrogen-bond donors (Lipinski definition) is 0. The Balaban J connectivity index is 1.78. The highest BCUT2D eigenvalue weighted by Crippen LogP contribution is 2.35. The number of benzene rings is 2. The molecule has 0 fully saturated rings. The van der Waals surface area contributed by atoms with E-state index in [0.717, 1.165) is 42.6 Å². The van der Waals surface area contributed by atoms with E-state index in [1.54, 1.807) is 13.2 Å². The maximum Gasteiger partial charge on any atom is 0.131 e. The van der Waals surface area contributed by atoms with Crippen molar-refractivity contribution in [3.63, 3.8) is 0 Å². The molecule has 3 nitrogen and oxygen atoms in total. The predicted octanol–water partition coefficient (Wildman–Crippen LogP) is 4.77. The molecule has 0 unspecified atom stereocenters. The fourth-order valence-electron chi connectivity index (χ4n) is 3.94. The van der Waals surface area contributed by atoms with Crippen molar-refractivity contribution in [2.75, 3.05) is 13.7 Å². The van der Waals surface area contributed by atoms with Crippen molar-refractivity contribution in [2.45, 2.75) is 25.6 Å². The maximum absolute atomic E-state index is 14.7. The van der Waals surface area contributed by atoms with E-state index in [0.29, 0.717) is 12.1 Å². The topological polar surface area (TPSA) is 17.4 Å². The van der Waals surface area contributed by atoms with Gasteiger partial charge in [0, 0.05) is 48.7 Å². The molecule has 0 saturated carbocycles. The van der Waals surface area contributed by atoms with Gasteiger partial charge in [-0.3, -0.25) is 4.90 Å².